The summed E-state index contributed by atoms with van der Waals surface area (Å²) in [6.45, 7) is 8.61. The number of carbonyl (C=O) groups is 1. The highest BCUT2D eigenvalue weighted by molar-refractivity contribution is 6.17. The minimum Gasteiger partial charge on any atom is -0.508 e. The second kappa shape index (κ2) is 10.3. The molecule has 10 nitrogen and oxygen atoms in total. The summed E-state index contributed by atoms with van der Waals surface area (Å²) in [7, 11) is 0. The fourth-order valence-electron chi connectivity index (χ4n) is 5.83. The Hall–Kier alpha value is -4.67. The number of amidine groups is 1. The van der Waals surface area contributed by atoms with Crippen molar-refractivity contribution in [3.63, 3.8) is 0 Å². The van der Waals surface area contributed by atoms with E-state index < -0.39 is 23.5 Å². The zero-order valence-electron chi connectivity index (χ0n) is 24.0. The molecule has 3 unspecified atom stereocenters. The minimum atomic E-state index is -0.573. The highest BCUT2D eigenvalue weighted by Crippen LogP contribution is 2.40. The lowest BCUT2D eigenvalue weighted by Gasteiger charge is -2.32. The lowest BCUT2D eigenvalue weighted by Crippen LogP contribution is -2.43. The quantitative estimate of drug-likeness (QED) is 0.460. The number of nitrogens with zero attached hydrogens (tertiary/aromatic N) is 6. The molecule has 0 bridgehead atoms. The summed E-state index contributed by atoms with van der Waals surface area (Å²) in [5.74, 6) is -0.950. The Morgan fingerprint density at radius 1 is 1.21 bits per heavy atom. The van der Waals surface area contributed by atoms with E-state index in [9.17, 15) is 14.3 Å². The maximum atomic E-state index is 14.3. The van der Waals surface area contributed by atoms with Crippen molar-refractivity contribution in [2.24, 2.45) is 26.7 Å². The van der Waals surface area contributed by atoms with Gasteiger partial charge in [-0.25, -0.2) is 19.2 Å². The average Bonchev–Trinajstić information content (AvgIpc) is 3.52. The second-order valence-corrected chi connectivity index (χ2v) is 11.8. The van der Waals surface area contributed by atoms with E-state index in [4.69, 9.17) is 15.6 Å². The van der Waals surface area contributed by atoms with Gasteiger partial charge in [0.15, 0.2) is 6.17 Å². The number of pyridine rings is 1. The molecule has 3 N–H and O–H groups in total. The Kier molecular flexibility index (Phi) is 6.75. The number of benzene rings is 1. The van der Waals surface area contributed by atoms with Gasteiger partial charge in [-0.15, -0.1) is 0 Å². The molecule has 3 aliphatic rings. The van der Waals surface area contributed by atoms with Crippen molar-refractivity contribution in [2.75, 3.05) is 13.1 Å². The molecule has 0 aliphatic carbocycles. The molecule has 3 aliphatic heterocycles. The standard InChI is InChI=1S/C31H34FN7O3/c1-18(39-29-25(28(33)34-17-35-29)26(36-39)20-13-21(32)15-23(40)14-20)24-16-22-7-5-6-10-38(22)27(24)19-8-11-37(12-9-19)30(41)42-31(2,3)4/h5-8,10,13-18,25,29,40H,9,11-12H2,1-4H3,(H2,33,34,35). The summed E-state index contributed by atoms with van der Waals surface area (Å²) in [6, 6.07) is 11.8. The number of phenolic OH excluding ortho intramolecular Hbond substituents is 1. The number of hydrazone groups is 1. The zero-order chi connectivity index (χ0) is 29.8. The molecule has 1 aromatic carbocycles. The summed E-state index contributed by atoms with van der Waals surface area (Å²) in [5.41, 5.74) is 10.9. The largest absolute Gasteiger partial charge is 0.508 e. The molecular formula is C31H34FN7O3. The predicted molar refractivity (Wildman–Crippen MR) is 160 cm³/mol. The van der Waals surface area contributed by atoms with Crippen LogP contribution in [0.1, 0.15) is 57.0 Å². The molecule has 0 radical (unpaired) electrons. The molecule has 3 aromatic rings. The topological polar surface area (TPSA) is 121 Å². The summed E-state index contributed by atoms with van der Waals surface area (Å²) < 4.78 is 22.0. The molecule has 2 aromatic heterocycles. The maximum absolute atomic E-state index is 14.3. The molecule has 11 heteroatoms. The molecule has 0 spiro atoms. The Morgan fingerprint density at radius 2 is 2.02 bits per heavy atom. The third-order valence-corrected chi connectivity index (χ3v) is 7.73. The van der Waals surface area contributed by atoms with Gasteiger partial charge in [-0.1, -0.05) is 12.1 Å². The number of aromatic nitrogens is 1. The van der Waals surface area contributed by atoms with Gasteiger partial charge in [0.2, 0.25) is 0 Å². The van der Waals surface area contributed by atoms with E-state index in [-0.39, 0.29) is 17.9 Å². The number of rotatable bonds is 4. The molecule has 1 amide bonds. The minimum absolute atomic E-state index is 0.198. The Bertz CT molecular complexity index is 1660. The molecular weight excluding hydrogens is 537 g/mol. The molecule has 6 rings (SSSR count). The number of ether oxygens (including phenoxy) is 1. The van der Waals surface area contributed by atoms with Gasteiger partial charge in [0, 0.05) is 42.0 Å². The van der Waals surface area contributed by atoms with Crippen LogP contribution in [0.2, 0.25) is 0 Å². The van der Waals surface area contributed by atoms with Crippen LogP contribution < -0.4 is 5.73 Å². The first-order valence-electron chi connectivity index (χ1n) is 14.0. The van der Waals surface area contributed by atoms with E-state index in [0.717, 1.165) is 28.4 Å². The van der Waals surface area contributed by atoms with E-state index >= 15 is 0 Å². The normalized spacial score (nSPS) is 21.1. The number of carbonyl (C=O) groups excluding carboxylic acids is 1. The summed E-state index contributed by atoms with van der Waals surface area (Å²) >= 11 is 0. The van der Waals surface area contributed by atoms with Gasteiger partial charge in [-0.2, -0.15) is 5.10 Å². The summed E-state index contributed by atoms with van der Waals surface area (Å²) in [6.07, 6.45) is 5.39. The molecule has 5 heterocycles. The number of amides is 1. The van der Waals surface area contributed by atoms with Crippen molar-refractivity contribution < 1.29 is 19.0 Å². The lowest BCUT2D eigenvalue weighted by molar-refractivity contribution is 0.0270. The van der Waals surface area contributed by atoms with E-state index in [2.05, 4.69) is 39.5 Å². The van der Waals surface area contributed by atoms with Crippen molar-refractivity contribution in [1.29, 1.82) is 0 Å². The van der Waals surface area contributed by atoms with Crippen LogP contribution in [0, 0.1) is 11.7 Å². The molecule has 0 saturated heterocycles. The van der Waals surface area contributed by atoms with Crippen molar-refractivity contribution in [2.45, 2.75) is 51.9 Å². The number of halogens is 1. The molecule has 218 valence electrons. The van der Waals surface area contributed by atoms with E-state index in [1.807, 2.05) is 44.1 Å². The highest BCUT2D eigenvalue weighted by Gasteiger charge is 2.44. The monoisotopic (exact) mass is 571 g/mol. The van der Waals surface area contributed by atoms with Crippen LogP contribution in [0.5, 0.6) is 5.75 Å². The number of phenols is 1. The van der Waals surface area contributed by atoms with E-state index in [0.29, 0.717) is 36.6 Å². The Labute approximate surface area is 243 Å². The Morgan fingerprint density at radius 3 is 2.74 bits per heavy atom. The van der Waals surface area contributed by atoms with E-state index in [1.54, 1.807) is 4.90 Å². The fraction of sp³-hybridized carbons (Fsp3) is 0.355. The van der Waals surface area contributed by atoms with Gasteiger partial charge >= 0.3 is 6.09 Å². The van der Waals surface area contributed by atoms with Gasteiger partial charge in [0.25, 0.3) is 0 Å². The first-order chi connectivity index (χ1) is 20.0. The van der Waals surface area contributed by atoms with Crippen LogP contribution in [-0.2, 0) is 4.74 Å². The van der Waals surface area contributed by atoms with Crippen molar-refractivity contribution >= 4 is 35.1 Å². The van der Waals surface area contributed by atoms with Gasteiger partial charge < -0.3 is 24.9 Å². The maximum Gasteiger partial charge on any atom is 0.410 e. The van der Waals surface area contributed by atoms with Crippen LogP contribution in [0.3, 0.4) is 0 Å². The van der Waals surface area contributed by atoms with Crippen LogP contribution in [0.4, 0.5) is 9.18 Å². The lowest BCUT2D eigenvalue weighted by atomic mass is 9.92. The van der Waals surface area contributed by atoms with Crippen molar-refractivity contribution in [3.05, 3.63) is 77.4 Å². The first kappa shape index (κ1) is 27.5. The van der Waals surface area contributed by atoms with Gasteiger partial charge in [0.1, 0.15) is 35.3 Å². The summed E-state index contributed by atoms with van der Waals surface area (Å²) in [4.78, 5) is 23.2. The summed E-state index contributed by atoms with van der Waals surface area (Å²) in [5, 5.41) is 16.9. The molecule has 42 heavy (non-hydrogen) atoms. The van der Waals surface area contributed by atoms with Crippen molar-refractivity contribution in [3.8, 4) is 5.75 Å². The zero-order valence-corrected chi connectivity index (χ0v) is 24.0. The van der Waals surface area contributed by atoms with Gasteiger partial charge in [-0.05, 0) is 70.0 Å². The number of aliphatic imine (C=N–C) groups is 2. The SMILES string of the molecule is CC(c1cc2ccccn2c1C1=CCN(C(=O)OC(C)(C)C)CC1)N1N=C(c2cc(O)cc(F)c2)C2C(N)=NC=NC21. The second-order valence-electron chi connectivity index (χ2n) is 11.8. The third-order valence-electron chi connectivity index (χ3n) is 7.73. The predicted octanol–water partition coefficient (Wildman–Crippen LogP) is 4.93. The number of hydrogen-bond acceptors (Lipinski definition) is 8. The highest BCUT2D eigenvalue weighted by atomic mass is 19.1. The van der Waals surface area contributed by atoms with Crippen LogP contribution in [0.15, 0.2) is 69.8 Å². The smallest absolute Gasteiger partial charge is 0.410 e. The van der Waals surface area contributed by atoms with Crippen molar-refractivity contribution in [1.82, 2.24) is 14.3 Å². The van der Waals surface area contributed by atoms with Gasteiger partial charge in [-0.3, -0.25) is 5.01 Å². The number of hydrogen-bond donors (Lipinski definition) is 2. The van der Waals surface area contributed by atoms with Gasteiger partial charge in [0.05, 0.1) is 17.4 Å². The number of aromatic hydroxyl groups is 1. The molecule has 0 fully saturated rings. The van der Waals surface area contributed by atoms with Crippen LogP contribution >= 0.6 is 0 Å². The van der Waals surface area contributed by atoms with Crippen LogP contribution in [0.25, 0.3) is 11.1 Å². The average molecular weight is 572 g/mol. The first-order valence-corrected chi connectivity index (χ1v) is 14.0. The van der Waals surface area contributed by atoms with Crippen LogP contribution in [-0.4, -0.2) is 68.3 Å². The number of nitrogens with two attached hydrogens (primary N) is 1. The molecule has 0 saturated carbocycles. The Balaban J connectivity index is 1.39. The fourth-order valence-corrected chi connectivity index (χ4v) is 5.83. The van der Waals surface area contributed by atoms with E-state index in [1.165, 1.54) is 18.5 Å². The number of fused-ring (bicyclic) bond motifs is 2. The molecule has 3 atom stereocenters. The third kappa shape index (κ3) is 4.99.